The van der Waals surface area contributed by atoms with E-state index in [4.69, 9.17) is 9.97 Å². The Kier molecular flexibility index (Phi) is 3.73. The lowest BCUT2D eigenvalue weighted by molar-refractivity contribution is 0.661. The first-order valence-corrected chi connectivity index (χ1v) is 12.4. The van der Waals surface area contributed by atoms with Crippen molar-refractivity contribution in [2.24, 2.45) is 0 Å². The van der Waals surface area contributed by atoms with E-state index in [1.807, 2.05) is 18.3 Å². The Bertz CT molecular complexity index is 2030. The molecule has 2 aromatic heterocycles. The van der Waals surface area contributed by atoms with Crippen molar-refractivity contribution in [1.82, 2.24) is 14.5 Å². The number of rotatable bonds is 1. The average Bonchev–Trinajstić information content (AvgIpc) is 3.38. The zero-order valence-electron chi connectivity index (χ0n) is 20.2. The van der Waals surface area contributed by atoms with Gasteiger partial charge in [-0.25, -0.2) is 9.97 Å². The number of hydrogen-bond donors (Lipinski definition) is 0. The molecule has 0 atom stereocenters. The Balaban J connectivity index is 1.55. The van der Waals surface area contributed by atoms with Crippen LogP contribution in [0.1, 0.15) is 25.0 Å². The molecule has 0 saturated heterocycles. The van der Waals surface area contributed by atoms with Crippen molar-refractivity contribution in [3.05, 3.63) is 114 Å². The lowest BCUT2D eigenvalue weighted by atomic mass is 9.82. The molecule has 1 aliphatic carbocycles. The normalized spacial score (nSPS) is 14.1. The molecule has 2 heterocycles. The SMILES string of the molecule is CC1(C)c2ccccc2-c2c1ccc1c2ccc2c3ccccc3n(-c3ncc4ccccc4n3)c12. The van der Waals surface area contributed by atoms with E-state index in [0.717, 1.165) is 21.9 Å². The lowest BCUT2D eigenvalue weighted by Gasteiger charge is -2.21. The molecule has 0 bridgehead atoms. The second-order valence-electron chi connectivity index (χ2n) is 10.3. The highest BCUT2D eigenvalue weighted by Crippen LogP contribution is 2.52. The Hall–Kier alpha value is -4.50. The lowest BCUT2D eigenvalue weighted by Crippen LogP contribution is -2.14. The van der Waals surface area contributed by atoms with Crippen LogP contribution in [0.2, 0.25) is 0 Å². The predicted octanol–water partition coefficient (Wildman–Crippen LogP) is 8.19. The van der Waals surface area contributed by atoms with Gasteiger partial charge in [0.25, 0.3) is 0 Å². The molecule has 36 heavy (non-hydrogen) atoms. The van der Waals surface area contributed by atoms with Crippen LogP contribution in [0.25, 0.3) is 60.6 Å². The molecule has 0 fully saturated rings. The van der Waals surface area contributed by atoms with Crippen LogP contribution in [-0.4, -0.2) is 14.5 Å². The van der Waals surface area contributed by atoms with Crippen LogP contribution in [0.5, 0.6) is 0 Å². The number of fused-ring (bicyclic) bond motifs is 10. The molecule has 7 aromatic rings. The van der Waals surface area contributed by atoms with Gasteiger partial charge in [0.05, 0.1) is 16.6 Å². The van der Waals surface area contributed by atoms with Crippen molar-refractivity contribution < 1.29 is 0 Å². The van der Waals surface area contributed by atoms with Crippen LogP contribution >= 0.6 is 0 Å². The maximum Gasteiger partial charge on any atom is 0.235 e. The smallest absolute Gasteiger partial charge is 0.235 e. The average molecular weight is 462 g/mol. The first-order valence-electron chi connectivity index (χ1n) is 12.4. The summed E-state index contributed by atoms with van der Waals surface area (Å²) in [5, 5.41) is 5.99. The second kappa shape index (κ2) is 6.79. The Morgan fingerprint density at radius 1 is 0.639 bits per heavy atom. The van der Waals surface area contributed by atoms with Gasteiger partial charge in [-0.1, -0.05) is 98.8 Å². The third-order valence-corrected chi connectivity index (χ3v) is 8.05. The summed E-state index contributed by atoms with van der Waals surface area (Å²) >= 11 is 0. The van der Waals surface area contributed by atoms with Gasteiger partial charge < -0.3 is 0 Å². The van der Waals surface area contributed by atoms with E-state index in [9.17, 15) is 0 Å². The summed E-state index contributed by atoms with van der Waals surface area (Å²) in [5.74, 6) is 0.702. The number of benzene rings is 5. The minimum absolute atomic E-state index is 0.0246. The minimum atomic E-state index is -0.0246. The summed E-state index contributed by atoms with van der Waals surface area (Å²) in [5.41, 5.74) is 8.68. The zero-order chi connectivity index (χ0) is 24.0. The quantitative estimate of drug-likeness (QED) is 0.247. The largest absolute Gasteiger partial charge is 0.277 e. The first-order chi connectivity index (χ1) is 17.6. The molecular weight excluding hydrogens is 438 g/mol. The zero-order valence-corrected chi connectivity index (χ0v) is 20.2. The van der Waals surface area contributed by atoms with Crippen molar-refractivity contribution in [3.63, 3.8) is 0 Å². The van der Waals surface area contributed by atoms with Gasteiger partial charge in [-0.2, -0.15) is 0 Å². The number of nitrogens with zero attached hydrogens (tertiary/aromatic N) is 3. The van der Waals surface area contributed by atoms with Gasteiger partial charge in [0.15, 0.2) is 0 Å². The fourth-order valence-electron chi connectivity index (χ4n) is 6.34. The molecule has 8 rings (SSSR count). The fourth-order valence-corrected chi connectivity index (χ4v) is 6.34. The maximum atomic E-state index is 5.01. The number of aromatic nitrogens is 3. The Labute approximate surface area is 208 Å². The molecule has 0 saturated carbocycles. The van der Waals surface area contributed by atoms with E-state index in [1.165, 1.54) is 43.8 Å². The highest BCUT2D eigenvalue weighted by Gasteiger charge is 2.36. The summed E-state index contributed by atoms with van der Waals surface area (Å²) in [6, 6.07) is 34.8. The van der Waals surface area contributed by atoms with E-state index >= 15 is 0 Å². The van der Waals surface area contributed by atoms with Crippen molar-refractivity contribution in [3.8, 4) is 17.1 Å². The Morgan fingerprint density at radius 2 is 1.36 bits per heavy atom. The van der Waals surface area contributed by atoms with Crippen molar-refractivity contribution in [1.29, 1.82) is 0 Å². The topological polar surface area (TPSA) is 30.7 Å². The number of para-hydroxylation sites is 2. The van der Waals surface area contributed by atoms with Crippen molar-refractivity contribution in [2.45, 2.75) is 19.3 Å². The molecule has 1 aliphatic rings. The van der Waals surface area contributed by atoms with Crippen LogP contribution in [0.15, 0.2) is 103 Å². The molecular formula is C33H23N3. The standard InChI is InChI=1S/C33H23N3/c1-33(2)26-12-6-4-11-25(26)30-22-15-16-23-21-10-5-8-14-29(21)36(31(23)24(22)17-18-27(30)33)32-34-19-20-9-3-7-13-28(20)35-32/h3-19H,1-2H3. The molecule has 3 heteroatoms. The van der Waals surface area contributed by atoms with Crippen LogP contribution in [0, 0.1) is 0 Å². The van der Waals surface area contributed by atoms with E-state index in [2.05, 4.69) is 103 Å². The van der Waals surface area contributed by atoms with E-state index in [0.29, 0.717) is 5.95 Å². The summed E-state index contributed by atoms with van der Waals surface area (Å²) in [7, 11) is 0. The molecule has 0 aliphatic heterocycles. The van der Waals surface area contributed by atoms with Crippen LogP contribution < -0.4 is 0 Å². The van der Waals surface area contributed by atoms with Gasteiger partial charge >= 0.3 is 0 Å². The van der Waals surface area contributed by atoms with Crippen molar-refractivity contribution in [2.75, 3.05) is 0 Å². The first kappa shape index (κ1) is 19.8. The van der Waals surface area contributed by atoms with Gasteiger partial charge in [0.2, 0.25) is 5.95 Å². The molecule has 0 radical (unpaired) electrons. The fraction of sp³-hybridized carbons (Fsp3) is 0.0909. The highest BCUT2D eigenvalue weighted by molar-refractivity contribution is 6.21. The summed E-state index contributed by atoms with van der Waals surface area (Å²) < 4.78 is 2.25. The maximum absolute atomic E-state index is 5.01. The molecule has 0 amide bonds. The molecule has 0 spiro atoms. The van der Waals surface area contributed by atoms with Gasteiger partial charge in [0, 0.05) is 33.2 Å². The summed E-state index contributed by atoms with van der Waals surface area (Å²) in [4.78, 5) is 9.85. The van der Waals surface area contributed by atoms with Gasteiger partial charge in [-0.05, 0) is 39.8 Å². The molecule has 170 valence electrons. The molecule has 0 N–H and O–H groups in total. The van der Waals surface area contributed by atoms with E-state index < -0.39 is 0 Å². The third kappa shape index (κ3) is 2.42. The Morgan fingerprint density at radius 3 is 2.31 bits per heavy atom. The molecule has 3 nitrogen and oxygen atoms in total. The van der Waals surface area contributed by atoms with Crippen LogP contribution in [0.3, 0.4) is 0 Å². The second-order valence-corrected chi connectivity index (χ2v) is 10.3. The van der Waals surface area contributed by atoms with Crippen LogP contribution in [-0.2, 0) is 5.41 Å². The predicted molar refractivity (Wildman–Crippen MR) is 149 cm³/mol. The highest BCUT2D eigenvalue weighted by atomic mass is 15.2. The number of hydrogen-bond acceptors (Lipinski definition) is 2. The van der Waals surface area contributed by atoms with E-state index in [1.54, 1.807) is 0 Å². The molecule has 0 unspecified atom stereocenters. The van der Waals surface area contributed by atoms with Crippen LogP contribution in [0.4, 0.5) is 0 Å². The van der Waals surface area contributed by atoms with Gasteiger partial charge in [-0.3, -0.25) is 4.57 Å². The third-order valence-electron chi connectivity index (χ3n) is 8.05. The van der Waals surface area contributed by atoms with Gasteiger partial charge in [0.1, 0.15) is 0 Å². The van der Waals surface area contributed by atoms with Crippen molar-refractivity contribution >= 4 is 43.5 Å². The summed E-state index contributed by atoms with van der Waals surface area (Å²) in [6.07, 6.45) is 1.93. The molecule has 5 aromatic carbocycles. The van der Waals surface area contributed by atoms with Gasteiger partial charge in [-0.15, -0.1) is 0 Å². The monoisotopic (exact) mass is 461 g/mol. The van der Waals surface area contributed by atoms with E-state index in [-0.39, 0.29) is 5.41 Å². The minimum Gasteiger partial charge on any atom is -0.277 e. The summed E-state index contributed by atoms with van der Waals surface area (Å²) in [6.45, 7) is 4.67.